The summed E-state index contributed by atoms with van der Waals surface area (Å²) < 4.78 is 0. The number of thiophene rings is 1. The van der Waals surface area contributed by atoms with E-state index < -0.39 is 0 Å². The molecular formula is C12H21N3S. The Morgan fingerprint density at radius 2 is 2.19 bits per heavy atom. The summed E-state index contributed by atoms with van der Waals surface area (Å²) >= 11 is 1.80. The average Bonchev–Trinajstić information content (AvgIpc) is 2.68. The van der Waals surface area contributed by atoms with Crippen LogP contribution in [0, 0.1) is 5.41 Å². The Morgan fingerprint density at radius 3 is 2.69 bits per heavy atom. The molecule has 0 saturated carbocycles. The molecule has 0 aliphatic rings. The molecular weight excluding hydrogens is 218 g/mol. The highest BCUT2D eigenvalue weighted by Gasteiger charge is 2.17. The number of hydrogen-bond donors (Lipinski definition) is 2. The standard InChI is InChI=1S/C12H21N3S/c1-9(7-11-5-4-6-16-11)15(3)10(2)8-12(13)14/h4-6,9-10H,7-8H2,1-3H3,(H3,13,14). The van der Waals surface area contributed by atoms with E-state index in [1.165, 1.54) is 4.88 Å². The van der Waals surface area contributed by atoms with Crippen LogP contribution in [0.5, 0.6) is 0 Å². The molecule has 3 N–H and O–H groups in total. The Hall–Kier alpha value is -0.870. The molecule has 0 aliphatic carbocycles. The maximum Gasteiger partial charge on any atom is 0.0920 e. The maximum atomic E-state index is 7.31. The fourth-order valence-corrected chi connectivity index (χ4v) is 2.59. The Morgan fingerprint density at radius 1 is 1.50 bits per heavy atom. The molecule has 16 heavy (non-hydrogen) atoms. The van der Waals surface area contributed by atoms with Gasteiger partial charge in [0.05, 0.1) is 5.84 Å². The summed E-state index contributed by atoms with van der Waals surface area (Å²) in [6.45, 7) is 4.34. The lowest BCUT2D eigenvalue weighted by atomic mass is 10.1. The van der Waals surface area contributed by atoms with Gasteiger partial charge >= 0.3 is 0 Å². The van der Waals surface area contributed by atoms with Gasteiger partial charge in [-0.25, -0.2) is 0 Å². The van der Waals surface area contributed by atoms with Crippen LogP contribution in [-0.2, 0) is 6.42 Å². The van der Waals surface area contributed by atoms with E-state index in [1.54, 1.807) is 11.3 Å². The van der Waals surface area contributed by atoms with Crippen LogP contribution in [0.3, 0.4) is 0 Å². The van der Waals surface area contributed by atoms with E-state index in [4.69, 9.17) is 11.1 Å². The van der Waals surface area contributed by atoms with Crippen molar-refractivity contribution < 1.29 is 0 Å². The minimum absolute atomic E-state index is 0.266. The smallest absolute Gasteiger partial charge is 0.0920 e. The maximum absolute atomic E-state index is 7.31. The summed E-state index contributed by atoms with van der Waals surface area (Å²) in [7, 11) is 2.10. The molecule has 0 fully saturated rings. The Labute approximate surface area is 102 Å². The number of amidine groups is 1. The molecule has 1 rings (SSSR count). The molecule has 4 heteroatoms. The molecule has 0 saturated heterocycles. The summed E-state index contributed by atoms with van der Waals surface area (Å²) in [6.07, 6.45) is 1.71. The fourth-order valence-electron chi connectivity index (χ4n) is 1.76. The van der Waals surface area contributed by atoms with Gasteiger partial charge in [-0.3, -0.25) is 5.41 Å². The number of nitrogens with one attached hydrogen (secondary N) is 1. The lowest BCUT2D eigenvalue weighted by Crippen LogP contribution is -2.40. The van der Waals surface area contributed by atoms with Crippen molar-refractivity contribution in [3.63, 3.8) is 0 Å². The van der Waals surface area contributed by atoms with Crippen LogP contribution in [0.15, 0.2) is 17.5 Å². The van der Waals surface area contributed by atoms with Gasteiger partial charge < -0.3 is 10.6 Å². The number of likely N-dealkylation sites (N-methyl/N-ethyl adjacent to an activating group) is 1. The van der Waals surface area contributed by atoms with Gasteiger partial charge in [-0.05, 0) is 38.8 Å². The summed E-state index contributed by atoms with van der Waals surface area (Å²) in [6, 6.07) is 5.07. The molecule has 3 nitrogen and oxygen atoms in total. The largest absolute Gasteiger partial charge is 0.388 e. The first-order valence-corrected chi connectivity index (χ1v) is 6.46. The van der Waals surface area contributed by atoms with Gasteiger partial charge in [-0.1, -0.05) is 6.07 Å². The first-order valence-electron chi connectivity index (χ1n) is 5.58. The molecule has 90 valence electrons. The van der Waals surface area contributed by atoms with E-state index >= 15 is 0 Å². The highest BCUT2D eigenvalue weighted by molar-refractivity contribution is 7.09. The van der Waals surface area contributed by atoms with Crippen molar-refractivity contribution in [2.45, 2.75) is 38.8 Å². The van der Waals surface area contributed by atoms with E-state index in [9.17, 15) is 0 Å². The third-order valence-electron chi connectivity index (χ3n) is 2.98. The van der Waals surface area contributed by atoms with Gasteiger partial charge in [0, 0.05) is 23.4 Å². The van der Waals surface area contributed by atoms with Gasteiger partial charge in [-0.2, -0.15) is 0 Å². The van der Waals surface area contributed by atoms with E-state index in [0.29, 0.717) is 18.5 Å². The second-order valence-electron chi connectivity index (χ2n) is 4.38. The summed E-state index contributed by atoms with van der Waals surface area (Å²) in [4.78, 5) is 3.70. The third-order valence-corrected chi connectivity index (χ3v) is 3.88. The average molecular weight is 239 g/mol. The Kier molecular flexibility index (Phi) is 4.96. The number of rotatable bonds is 6. The quantitative estimate of drug-likeness (QED) is 0.591. The number of nitrogens with two attached hydrogens (primary N) is 1. The van der Waals surface area contributed by atoms with Crippen molar-refractivity contribution in [3.8, 4) is 0 Å². The van der Waals surface area contributed by atoms with Crippen LogP contribution in [0.4, 0.5) is 0 Å². The molecule has 0 radical (unpaired) electrons. The van der Waals surface area contributed by atoms with Crippen LogP contribution < -0.4 is 5.73 Å². The highest BCUT2D eigenvalue weighted by atomic mass is 32.1. The predicted molar refractivity (Wildman–Crippen MR) is 71.2 cm³/mol. The van der Waals surface area contributed by atoms with Gasteiger partial charge in [-0.15, -0.1) is 11.3 Å². The van der Waals surface area contributed by atoms with E-state index in [1.807, 2.05) is 0 Å². The molecule has 1 heterocycles. The lowest BCUT2D eigenvalue weighted by molar-refractivity contribution is 0.199. The van der Waals surface area contributed by atoms with Gasteiger partial charge in [0.2, 0.25) is 0 Å². The molecule has 0 aromatic carbocycles. The van der Waals surface area contributed by atoms with Crippen LogP contribution in [0.1, 0.15) is 25.1 Å². The monoisotopic (exact) mass is 239 g/mol. The van der Waals surface area contributed by atoms with Crippen molar-refractivity contribution in [2.24, 2.45) is 5.73 Å². The molecule has 1 aromatic rings. The van der Waals surface area contributed by atoms with Gasteiger partial charge in [0.15, 0.2) is 0 Å². The van der Waals surface area contributed by atoms with Crippen molar-refractivity contribution in [3.05, 3.63) is 22.4 Å². The summed E-state index contributed by atoms with van der Waals surface area (Å²) in [5, 5.41) is 9.42. The molecule has 2 atom stereocenters. The molecule has 1 aromatic heterocycles. The minimum atomic E-state index is 0.266. The molecule has 0 spiro atoms. The highest BCUT2D eigenvalue weighted by Crippen LogP contribution is 2.15. The molecule has 2 unspecified atom stereocenters. The first kappa shape index (κ1) is 13.2. The molecule has 0 amide bonds. The molecule has 0 bridgehead atoms. The topological polar surface area (TPSA) is 53.1 Å². The van der Waals surface area contributed by atoms with Crippen molar-refractivity contribution >= 4 is 17.2 Å². The number of nitrogens with zero attached hydrogens (tertiary/aromatic N) is 1. The Bertz CT molecular complexity index is 321. The second-order valence-corrected chi connectivity index (χ2v) is 5.41. The lowest BCUT2D eigenvalue weighted by Gasteiger charge is -2.30. The van der Waals surface area contributed by atoms with Crippen molar-refractivity contribution in [2.75, 3.05) is 7.05 Å². The van der Waals surface area contributed by atoms with Crippen molar-refractivity contribution in [1.29, 1.82) is 5.41 Å². The van der Waals surface area contributed by atoms with Crippen LogP contribution >= 0.6 is 11.3 Å². The first-order chi connectivity index (χ1) is 7.50. The normalized spacial score (nSPS) is 15.0. The SMILES string of the molecule is CC(CC(=N)N)N(C)C(C)Cc1cccs1. The van der Waals surface area contributed by atoms with Gasteiger partial charge in [0.25, 0.3) is 0 Å². The summed E-state index contributed by atoms with van der Waals surface area (Å²) in [5.74, 6) is 0.266. The van der Waals surface area contributed by atoms with Gasteiger partial charge in [0.1, 0.15) is 0 Å². The van der Waals surface area contributed by atoms with Crippen LogP contribution in [0.25, 0.3) is 0 Å². The van der Waals surface area contributed by atoms with E-state index in [0.717, 1.165) is 6.42 Å². The number of hydrogen-bond acceptors (Lipinski definition) is 3. The van der Waals surface area contributed by atoms with E-state index in [2.05, 4.69) is 43.3 Å². The zero-order valence-corrected chi connectivity index (χ0v) is 11.1. The zero-order valence-electron chi connectivity index (χ0n) is 10.2. The second kappa shape index (κ2) is 6.01. The minimum Gasteiger partial charge on any atom is -0.388 e. The van der Waals surface area contributed by atoms with Crippen molar-refractivity contribution in [1.82, 2.24) is 4.90 Å². The zero-order chi connectivity index (χ0) is 12.1. The fraction of sp³-hybridized carbons (Fsp3) is 0.583. The third kappa shape index (κ3) is 3.94. The van der Waals surface area contributed by atoms with Crippen LogP contribution in [0.2, 0.25) is 0 Å². The molecule has 0 aliphatic heterocycles. The summed E-state index contributed by atoms with van der Waals surface area (Å²) in [5.41, 5.74) is 5.43. The predicted octanol–water partition coefficient (Wildman–Crippen LogP) is 2.33. The van der Waals surface area contributed by atoms with E-state index in [-0.39, 0.29) is 5.84 Å². The Balaban J connectivity index is 2.46. The van der Waals surface area contributed by atoms with Crippen LogP contribution in [-0.4, -0.2) is 29.9 Å².